The van der Waals surface area contributed by atoms with Crippen LogP contribution in [0, 0.1) is 0 Å². The van der Waals surface area contributed by atoms with Gasteiger partial charge in [-0.05, 0) is 37.1 Å². The van der Waals surface area contributed by atoms with Gasteiger partial charge in [0.05, 0.1) is 12.6 Å². The highest BCUT2D eigenvalue weighted by Gasteiger charge is 2.31. The van der Waals surface area contributed by atoms with Crippen LogP contribution >= 0.6 is 11.8 Å². The van der Waals surface area contributed by atoms with E-state index in [-0.39, 0.29) is 11.9 Å². The quantitative estimate of drug-likeness (QED) is 0.534. The maximum absolute atomic E-state index is 12.8. The molecule has 0 radical (unpaired) electrons. The molecule has 33 heavy (non-hydrogen) atoms. The number of ether oxygens (including phenoxy) is 2. The van der Waals surface area contributed by atoms with E-state index in [0.717, 1.165) is 36.1 Å². The summed E-state index contributed by atoms with van der Waals surface area (Å²) < 4.78 is 13.2. The van der Waals surface area contributed by atoms with Crippen LogP contribution in [-0.2, 0) is 17.6 Å². The summed E-state index contributed by atoms with van der Waals surface area (Å²) in [6, 6.07) is 15.9. The van der Waals surface area contributed by atoms with Crippen molar-refractivity contribution in [3.05, 3.63) is 59.9 Å². The molecule has 9 heteroatoms. The van der Waals surface area contributed by atoms with Gasteiger partial charge in [0.15, 0.2) is 22.5 Å². The molecule has 1 N–H and O–H groups in total. The van der Waals surface area contributed by atoms with E-state index >= 15 is 0 Å². The van der Waals surface area contributed by atoms with Crippen molar-refractivity contribution in [1.82, 2.24) is 19.7 Å². The highest BCUT2D eigenvalue weighted by atomic mass is 32.2. The van der Waals surface area contributed by atoms with E-state index in [0.29, 0.717) is 36.9 Å². The number of hydrogen-bond donors (Lipinski definition) is 1. The second-order valence-corrected chi connectivity index (χ2v) is 9.15. The van der Waals surface area contributed by atoms with Gasteiger partial charge in [-0.15, -0.1) is 10.2 Å². The predicted molar refractivity (Wildman–Crippen MR) is 127 cm³/mol. The van der Waals surface area contributed by atoms with Gasteiger partial charge in [0.25, 0.3) is 0 Å². The zero-order chi connectivity index (χ0) is 22.6. The number of fused-ring (bicyclic) bond motifs is 1. The average molecular weight is 466 g/mol. The summed E-state index contributed by atoms with van der Waals surface area (Å²) in [7, 11) is 2.01. The van der Waals surface area contributed by atoms with E-state index in [1.807, 2.05) is 43.4 Å². The predicted octanol–water partition coefficient (Wildman–Crippen LogP) is 3.65. The topological polar surface area (TPSA) is 81.5 Å². The standard InChI is InChI=1S/C24H27N5O3S/c1-28-23(26-27-24(28)33-16-17-6-3-2-4-7-17)19-8-5-11-29(19)15-22(30)25-18-9-10-20-21(14-18)32-13-12-31-20/h2-4,6-7,9-10,14,19H,5,8,11-13,15-16H2,1H3,(H,25,30)/t19-/m1/s1. The van der Waals surface area contributed by atoms with Gasteiger partial charge >= 0.3 is 0 Å². The number of rotatable bonds is 7. The zero-order valence-electron chi connectivity index (χ0n) is 18.6. The minimum absolute atomic E-state index is 0.0561. The molecule has 172 valence electrons. The fourth-order valence-corrected chi connectivity index (χ4v) is 5.15. The normalized spacial score (nSPS) is 17.8. The molecule has 8 nitrogen and oxygen atoms in total. The number of hydrogen-bond acceptors (Lipinski definition) is 7. The molecule has 5 rings (SSSR count). The molecule has 3 heterocycles. The lowest BCUT2D eigenvalue weighted by Gasteiger charge is -2.23. The van der Waals surface area contributed by atoms with Gasteiger partial charge in [0, 0.05) is 24.6 Å². The Bertz CT molecular complexity index is 1120. The number of carbonyl (C=O) groups is 1. The van der Waals surface area contributed by atoms with Crippen molar-refractivity contribution < 1.29 is 14.3 Å². The molecule has 1 amide bonds. The number of carbonyl (C=O) groups excluding carboxylic acids is 1. The lowest BCUT2D eigenvalue weighted by Crippen LogP contribution is -2.34. The van der Waals surface area contributed by atoms with Crippen LogP contribution in [0.2, 0.25) is 0 Å². The molecule has 2 aromatic carbocycles. The number of anilines is 1. The van der Waals surface area contributed by atoms with Crippen molar-refractivity contribution in [2.24, 2.45) is 7.05 Å². The van der Waals surface area contributed by atoms with Crippen LogP contribution in [0.3, 0.4) is 0 Å². The third kappa shape index (κ3) is 4.99. The summed E-state index contributed by atoms with van der Waals surface area (Å²) in [6.45, 7) is 2.23. The first-order chi connectivity index (χ1) is 16.2. The van der Waals surface area contributed by atoms with Gasteiger partial charge in [-0.1, -0.05) is 42.1 Å². The van der Waals surface area contributed by atoms with Gasteiger partial charge in [-0.3, -0.25) is 9.69 Å². The van der Waals surface area contributed by atoms with Crippen molar-refractivity contribution >= 4 is 23.4 Å². The number of aromatic nitrogens is 3. The molecule has 2 aliphatic rings. The number of benzene rings is 2. The number of amides is 1. The highest BCUT2D eigenvalue weighted by molar-refractivity contribution is 7.98. The summed E-state index contributed by atoms with van der Waals surface area (Å²) in [5.74, 6) is 3.08. The maximum Gasteiger partial charge on any atom is 0.238 e. The van der Waals surface area contributed by atoms with E-state index < -0.39 is 0 Å². The Kier molecular flexibility index (Phi) is 6.50. The Morgan fingerprint density at radius 2 is 1.94 bits per heavy atom. The lowest BCUT2D eigenvalue weighted by atomic mass is 10.2. The first-order valence-electron chi connectivity index (χ1n) is 11.2. The summed E-state index contributed by atoms with van der Waals surface area (Å²) in [5, 5.41) is 12.8. The second kappa shape index (κ2) is 9.84. The minimum atomic E-state index is -0.0561. The van der Waals surface area contributed by atoms with Crippen molar-refractivity contribution in [1.29, 1.82) is 0 Å². The molecule has 3 aromatic rings. The van der Waals surface area contributed by atoms with Crippen molar-refractivity contribution in [3.8, 4) is 11.5 Å². The maximum atomic E-state index is 12.8. The molecule has 0 bridgehead atoms. The Balaban J connectivity index is 1.21. The van der Waals surface area contributed by atoms with E-state index in [4.69, 9.17) is 9.47 Å². The van der Waals surface area contributed by atoms with E-state index in [9.17, 15) is 4.79 Å². The molecule has 0 aliphatic carbocycles. The van der Waals surface area contributed by atoms with E-state index in [1.165, 1.54) is 5.56 Å². The van der Waals surface area contributed by atoms with E-state index in [1.54, 1.807) is 11.8 Å². The Labute approximate surface area is 197 Å². The lowest BCUT2D eigenvalue weighted by molar-refractivity contribution is -0.117. The molecular weight excluding hydrogens is 438 g/mol. The molecule has 1 atom stereocenters. The Morgan fingerprint density at radius 3 is 2.79 bits per heavy atom. The molecule has 0 spiro atoms. The SMILES string of the molecule is Cn1c(SCc2ccccc2)nnc1[C@H]1CCCN1CC(=O)Nc1ccc2c(c1)OCCO2. The Hall–Kier alpha value is -3.04. The fourth-order valence-electron chi connectivity index (χ4n) is 4.28. The van der Waals surface area contributed by atoms with Gasteiger partial charge in [0.2, 0.25) is 5.91 Å². The molecule has 0 saturated carbocycles. The minimum Gasteiger partial charge on any atom is -0.486 e. The van der Waals surface area contributed by atoms with Crippen molar-refractivity contribution in [3.63, 3.8) is 0 Å². The largest absolute Gasteiger partial charge is 0.486 e. The van der Waals surface area contributed by atoms with Gasteiger partial charge in [-0.2, -0.15) is 0 Å². The smallest absolute Gasteiger partial charge is 0.238 e. The summed E-state index contributed by atoms with van der Waals surface area (Å²) in [5.41, 5.74) is 1.96. The number of thioether (sulfide) groups is 1. The van der Waals surface area contributed by atoms with Crippen molar-refractivity contribution in [2.75, 3.05) is 31.6 Å². The molecule has 0 unspecified atom stereocenters. The number of nitrogens with one attached hydrogen (secondary N) is 1. The first-order valence-corrected chi connectivity index (χ1v) is 12.2. The molecule has 2 aliphatic heterocycles. The highest BCUT2D eigenvalue weighted by Crippen LogP contribution is 2.34. The van der Waals surface area contributed by atoms with Crippen LogP contribution in [0.25, 0.3) is 0 Å². The third-order valence-electron chi connectivity index (χ3n) is 5.91. The molecule has 1 saturated heterocycles. The number of nitrogens with zero attached hydrogens (tertiary/aromatic N) is 4. The summed E-state index contributed by atoms with van der Waals surface area (Å²) in [4.78, 5) is 15.0. The van der Waals surface area contributed by atoms with Gasteiger partial charge in [0.1, 0.15) is 13.2 Å². The average Bonchev–Trinajstić information content (AvgIpc) is 3.44. The van der Waals surface area contributed by atoms with Crippen LogP contribution in [0.15, 0.2) is 53.7 Å². The number of likely N-dealkylation sites (tertiary alicyclic amines) is 1. The summed E-state index contributed by atoms with van der Waals surface area (Å²) >= 11 is 1.68. The van der Waals surface area contributed by atoms with Gasteiger partial charge < -0.3 is 19.4 Å². The zero-order valence-corrected chi connectivity index (χ0v) is 19.4. The fraction of sp³-hybridized carbons (Fsp3) is 0.375. The molecule has 1 fully saturated rings. The van der Waals surface area contributed by atoms with E-state index in [2.05, 4.69) is 37.1 Å². The monoisotopic (exact) mass is 465 g/mol. The van der Waals surface area contributed by atoms with Crippen LogP contribution in [0.1, 0.15) is 30.3 Å². The van der Waals surface area contributed by atoms with Crippen LogP contribution < -0.4 is 14.8 Å². The van der Waals surface area contributed by atoms with Crippen molar-refractivity contribution in [2.45, 2.75) is 29.8 Å². The van der Waals surface area contributed by atoms with Crippen LogP contribution in [0.4, 0.5) is 5.69 Å². The van der Waals surface area contributed by atoms with Gasteiger partial charge in [-0.25, -0.2) is 0 Å². The third-order valence-corrected chi connectivity index (χ3v) is 7.01. The summed E-state index contributed by atoms with van der Waals surface area (Å²) in [6.07, 6.45) is 1.99. The van der Waals surface area contributed by atoms with Crippen LogP contribution in [-0.4, -0.2) is 51.9 Å². The molecular formula is C24H27N5O3S. The van der Waals surface area contributed by atoms with Crippen LogP contribution in [0.5, 0.6) is 11.5 Å². The Morgan fingerprint density at radius 1 is 1.12 bits per heavy atom. The second-order valence-electron chi connectivity index (χ2n) is 8.21. The first kappa shape index (κ1) is 21.8. The molecule has 1 aromatic heterocycles.